The van der Waals surface area contributed by atoms with Gasteiger partial charge in [-0.25, -0.2) is 4.98 Å². The second-order valence-electron chi connectivity index (χ2n) is 8.29. The van der Waals surface area contributed by atoms with Gasteiger partial charge in [-0.05, 0) is 56.9 Å². The van der Waals surface area contributed by atoms with E-state index in [0.29, 0.717) is 12.6 Å². The minimum Gasteiger partial charge on any atom is -0.354 e. The molecule has 4 rings (SSSR count). The summed E-state index contributed by atoms with van der Waals surface area (Å²) in [5.74, 6) is 0.337. The molecule has 0 aliphatic carbocycles. The van der Waals surface area contributed by atoms with Gasteiger partial charge < -0.3 is 9.88 Å². The minimum atomic E-state index is 0.125. The summed E-state index contributed by atoms with van der Waals surface area (Å²) in [6.45, 7) is 6.71. The molecule has 2 aliphatic rings. The van der Waals surface area contributed by atoms with Crippen LogP contribution in [0.25, 0.3) is 0 Å². The molecular formula is C22H32N6O. The van der Waals surface area contributed by atoms with Crippen molar-refractivity contribution in [1.82, 2.24) is 29.7 Å². The van der Waals surface area contributed by atoms with Gasteiger partial charge in [0.1, 0.15) is 0 Å². The van der Waals surface area contributed by atoms with Crippen molar-refractivity contribution in [2.45, 2.75) is 44.8 Å². The summed E-state index contributed by atoms with van der Waals surface area (Å²) in [7, 11) is 0. The van der Waals surface area contributed by atoms with Gasteiger partial charge in [0.15, 0.2) is 0 Å². The average Bonchev–Trinajstić information content (AvgIpc) is 3.29. The first-order valence-electron chi connectivity index (χ1n) is 10.9. The van der Waals surface area contributed by atoms with E-state index in [9.17, 15) is 4.79 Å². The molecule has 0 unspecified atom stereocenters. The molecule has 2 saturated heterocycles. The van der Waals surface area contributed by atoms with Crippen LogP contribution in [-0.4, -0.2) is 69.0 Å². The highest BCUT2D eigenvalue weighted by atomic mass is 16.1. The third-order valence-corrected chi connectivity index (χ3v) is 6.25. The molecule has 0 bridgehead atoms. The lowest BCUT2D eigenvalue weighted by atomic mass is 9.93. The summed E-state index contributed by atoms with van der Waals surface area (Å²) in [5, 5.41) is 3.12. The van der Waals surface area contributed by atoms with Crippen molar-refractivity contribution in [1.29, 1.82) is 0 Å². The van der Waals surface area contributed by atoms with Crippen molar-refractivity contribution in [3.63, 3.8) is 0 Å². The normalized spacial score (nSPS) is 21.9. The predicted octanol–water partition coefficient (Wildman–Crippen LogP) is 1.77. The molecular weight excluding hydrogens is 364 g/mol. The van der Waals surface area contributed by atoms with E-state index < -0.39 is 0 Å². The molecule has 156 valence electrons. The standard InChI is InChI=1S/C22H32N6O/c29-22(25-9-14-27-13-8-24-18-27)20-4-2-10-28(17-20)21-5-11-26(12-6-21)16-19-3-1-7-23-15-19/h1,3,7-8,13,15,18,20-21H,2,4-6,9-12,14,16-17H2,(H,25,29)/t20-/m0/s1. The number of imidazole rings is 1. The van der Waals surface area contributed by atoms with Crippen LogP contribution in [-0.2, 0) is 17.9 Å². The number of aromatic nitrogens is 3. The van der Waals surface area contributed by atoms with Crippen molar-refractivity contribution in [2.75, 3.05) is 32.7 Å². The van der Waals surface area contributed by atoms with E-state index >= 15 is 0 Å². The fourth-order valence-corrected chi connectivity index (χ4v) is 4.62. The fraction of sp³-hybridized carbons (Fsp3) is 0.591. The number of piperidine rings is 2. The number of likely N-dealkylation sites (tertiary alicyclic amines) is 2. The zero-order valence-electron chi connectivity index (χ0n) is 17.1. The Morgan fingerprint density at radius 2 is 2.03 bits per heavy atom. The third-order valence-electron chi connectivity index (χ3n) is 6.25. The second kappa shape index (κ2) is 9.98. The van der Waals surface area contributed by atoms with Crippen LogP contribution in [0.2, 0.25) is 0 Å². The summed E-state index contributed by atoms with van der Waals surface area (Å²) in [4.78, 5) is 26.0. The van der Waals surface area contributed by atoms with E-state index in [1.54, 1.807) is 12.5 Å². The topological polar surface area (TPSA) is 66.3 Å². The number of pyridine rings is 1. The van der Waals surface area contributed by atoms with Crippen molar-refractivity contribution in [3.8, 4) is 0 Å². The zero-order chi connectivity index (χ0) is 19.9. The molecule has 0 saturated carbocycles. The van der Waals surface area contributed by atoms with Crippen LogP contribution >= 0.6 is 0 Å². The molecule has 0 aromatic carbocycles. The molecule has 7 nitrogen and oxygen atoms in total. The largest absolute Gasteiger partial charge is 0.354 e. The van der Waals surface area contributed by atoms with E-state index in [2.05, 4.69) is 31.2 Å². The molecule has 1 atom stereocenters. The molecule has 4 heterocycles. The Hall–Kier alpha value is -2.25. The summed E-state index contributed by atoms with van der Waals surface area (Å²) >= 11 is 0. The van der Waals surface area contributed by atoms with Crippen molar-refractivity contribution in [2.24, 2.45) is 5.92 Å². The maximum Gasteiger partial charge on any atom is 0.224 e. The molecule has 2 fully saturated rings. The lowest BCUT2D eigenvalue weighted by Crippen LogP contribution is -2.50. The average molecular weight is 397 g/mol. The first-order chi connectivity index (χ1) is 14.3. The lowest BCUT2D eigenvalue weighted by molar-refractivity contribution is -0.127. The van der Waals surface area contributed by atoms with Gasteiger partial charge in [0.2, 0.25) is 5.91 Å². The van der Waals surface area contributed by atoms with Crippen molar-refractivity contribution < 1.29 is 4.79 Å². The summed E-state index contributed by atoms with van der Waals surface area (Å²) in [5.41, 5.74) is 1.29. The van der Waals surface area contributed by atoms with E-state index in [0.717, 1.165) is 52.1 Å². The Bertz CT molecular complexity index is 742. The second-order valence-corrected chi connectivity index (χ2v) is 8.29. The van der Waals surface area contributed by atoms with Gasteiger partial charge in [-0.3, -0.25) is 19.6 Å². The summed E-state index contributed by atoms with van der Waals surface area (Å²) in [6.07, 6.45) is 13.8. The van der Waals surface area contributed by atoms with Crippen LogP contribution in [0.1, 0.15) is 31.2 Å². The molecule has 29 heavy (non-hydrogen) atoms. The fourth-order valence-electron chi connectivity index (χ4n) is 4.62. The van der Waals surface area contributed by atoms with Gasteiger partial charge in [-0.2, -0.15) is 0 Å². The summed E-state index contributed by atoms with van der Waals surface area (Å²) < 4.78 is 1.99. The monoisotopic (exact) mass is 396 g/mol. The Balaban J connectivity index is 1.20. The number of amides is 1. The highest BCUT2D eigenvalue weighted by Gasteiger charge is 2.31. The molecule has 1 N–H and O–H groups in total. The minimum absolute atomic E-state index is 0.125. The highest BCUT2D eigenvalue weighted by molar-refractivity contribution is 5.78. The van der Waals surface area contributed by atoms with E-state index in [1.165, 1.54) is 18.4 Å². The number of nitrogens with zero attached hydrogens (tertiary/aromatic N) is 5. The Morgan fingerprint density at radius 3 is 2.79 bits per heavy atom. The predicted molar refractivity (Wildman–Crippen MR) is 112 cm³/mol. The van der Waals surface area contributed by atoms with Gasteiger partial charge in [-0.1, -0.05) is 6.07 Å². The van der Waals surface area contributed by atoms with Gasteiger partial charge in [-0.15, -0.1) is 0 Å². The van der Waals surface area contributed by atoms with Crippen LogP contribution in [0.4, 0.5) is 0 Å². The van der Waals surface area contributed by atoms with E-state index in [-0.39, 0.29) is 11.8 Å². The molecule has 2 aromatic rings. The Morgan fingerprint density at radius 1 is 1.14 bits per heavy atom. The molecule has 2 aliphatic heterocycles. The van der Waals surface area contributed by atoms with Crippen LogP contribution in [0.15, 0.2) is 43.2 Å². The number of rotatable bonds is 7. The first-order valence-corrected chi connectivity index (χ1v) is 10.9. The Kier molecular flexibility index (Phi) is 6.90. The van der Waals surface area contributed by atoms with Gasteiger partial charge in [0.25, 0.3) is 0 Å². The number of carbonyl (C=O) groups excluding carboxylic acids is 1. The maximum absolute atomic E-state index is 12.6. The molecule has 2 aromatic heterocycles. The molecule has 0 radical (unpaired) electrons. The number of nitrogens with one attached hydrogen (secondary N) is 1. The first kappa shape index (κ1) is 20.0. The van der Waals surface area contributed by atoms with Crippen LogP contribution < -0.4 is 5.32 Å². The Labute approximate surface area is 173 Å². The zero-order valence-corrected chi connectivity index (χ0v) is 17.1. The number of hydrogen-bond donors (Lipinski definition) is 1. The smallest absolute Gasteiger partial charge is 0.224 e. The summed E-state index contributed by atoms with van der Waals surface area (Å²) in [6, 6.07) is 4.78. The third kappa shape index (κ3) is 5.64. The molecule has 0 spiro atoms. The maximum atomic E-state index is 12.6. The van der Waals surface area contributed by atoms with Crippen molar-refractivity contribution in [3.05, 3.63) is 48.8 Å². The van der Waals surface area contributed by atoms with Crippen LogP contribution in [0, 0.1) is 5.92 Å². The lowest BCUT2D eigenvalue weighted by Gasteiger charge is -2.42. The quantitative estimate of drug-likeness (QED) is 0.773. The van der Waals surface area contributed by atoms with Gasteiger partial charge in [0, 0.05) is 57.0 Å². The SMILES string of the molecule is O=C(NCCn1ccnc1)[C@H]1CCCN(C2CCN(Cc3cccnc3)CC2)C1. The highest BCUT2D eigenvalue weighted by Crippen LogP contribution is 2.24. The van der Waals surface area contributed by atoms with E-state index in [1.807, 2.05) is 29.2 Å². The van der Waals surface area contributed by atoms with Crippen LogP contribution in [0.5, 0.6) is 0 Å². The number of hydrogen-bond acceptors (Lipinski definition) is 5. The molecule has 7 heteroatoms. The van der Waals surface area contributed by atoms with Crippen LogP contribution in [0.3, 0.4) is 0 Å². The molecule has 1 amide bonds. The van der Waals surface area contributed by atoms with Gasteiger partial charge >= 0.3 is 0 Å². The number of carbonyl (C=O) groups is 1. The van der Waals surface area contributed by atoms with E-state index in [4.69, 9.17) is 0 Å². The van der Waals surface area contributed by atoms with Gasteiger partial charge in [0.05, 0.1) is 12.2 Å². The van der Waals surface area contributed by atoms with Crippen molar-refractivity contribution >= 4 is 5.91 Å².